The molecule has 0 amide bonds. The summed E-state index contributed by atoms with van der Waals surface area (Å²) >= 11 is 12.0. The van der Waals surface area contributed by atoms with Crippen LogP contribution in [0.25, 0.3) is 11.0 Å². The largest absolute Gasteiger partial charge is 0.370 e. The number of nitrogens with one attached hydrogen (secondary N) is 1. The molecule has 4 heterocycles. The van der Waals surface area contributed by atoms with E-state index in [-0.39, 0.29) is 11.1 Å². The Morgan fingerprint density at radius 1 is 1.29 bits per heavy atom. The van der Waals surface area contributed by atoms with E-state index in [2.05, 4.69) is 26.3 Å². The molecule has 0 spiro atoms. The molecule has 1 aliphatic rings. The molecule has 31 heavy (non-hydrogen) atoms. The molecule has 3 aromatic rings. The Balaban J connectivity index is 1.57. The van der Waals surface area contributed by atoms with E-state index in [0.717, 1.165) is 44.7 Å². The number of aromatic nitrogens is 3. The smallest absolute Gasteiger partial charge is 0.270 e. The van der Waals surface area contributed by atoms with Crippen molar-refractivity contribution in [3.8, 4) is 6.07 Å². The van der Waals surface area contributed by atoms with Crippen LogP contribution in [-0.2, 0) is 7.05 Å². The fourth-order valence-corrected chi connectivity index (χ4v) is 4.43. The van der Waals surface area contributed by atoms with E-state index < -0.39 is 0 Å². The van der Waals surface area contributed by atoms with Crippen molar-refractivity contribution >= 4 is 45.7 Å². The SMILES string of the molecule is Cn1c(=O)c(C#N)c(N2CCC[C@H](CCNc3ccc(Cl)cn3)C2)c2nc(Cl)ccc21. The Bertz CT molecular complexity index is 1200. The predicted octanol–water partition coefficient (Wildman–Crippen LogP) is 4.23. The van der Waals surface area contributed by atoms with Crippen molar-refractivity contribution in [1.82, 2.24) is 14.5 Å². The summed E-state index contributed by atoms with van der Waals surface area (Å²) in [5.74, 6) is 1.21. The lowest BCUT2D eigenvalue weighted by molar-refractivity contribution is 0.399. The van der Waals surface area contributed by atoms with Crippen molar-refractivity contribution in [3.05, 3.63) is 56.6 Å². The molecule has 0 bridgehead atoms. The fourth-order valence-electron chi connectivity index (χ4n) is 4.17. The van der Waals surface area contributed by atoms with E-state index in [1.165, 1.54) is 4.57 Å². The zero-order valence-corrected chi connectivity index (χ0v) is 18.6. The van der Waals surface area contributed by atoms with Crippen molar-refractivity contribution in [2.75, 3.05) is 29.9 Å². The average molecular weight is 457 g/mol. The lowest BCUT2D eigenvalue weighted by Gasteiger charge is -2.35. The second-order valence-corrected chi connectivity index (χ2v) is 8.56. The molecule has 1 saturated heterocycles. The van der Waals surface area contributed by atoms with E-state index in [4.69, 9.17) is 23.2 Å². The van der Waals surface area contributed by atoms with Gasteiger partial charge in [-0.15, -0.1) is 0 Å². The number of hydrogen-bond donors (Lipinski definition) is 1. The predicted molar refractivity (Wildman–Crippen MR) is 124 cm³/mol. The highest BCUT2D eigenvalue weighted by Gasteiger charge is 2.26. The first-order chi connectivity index (χ1) is 15.0. The molecular weight excluding hydrogens is 435 g/mol. The molecule has 1 N–H and O–H groups in total. The summed E-state index contributed by atoms with van der Waals surface area (Å²) in [6.07, 6.45) is 4.63. The maximum atomic E-state index is 12.8. The lowest BCUT2D eigenvalue weighted by atomic mass is 9.93. The molecule has 1 atom stereocenters. The second kappa shape index (κ2) is 9.13. The minimum atomic E-state index is -0.313. The molecule has 0 aliphatic carbocycles. The van der Waals surface area contributed by atoms with E-state index in [0.29, 0.717) is 32.8 Å². The number of rotatable bonds is 5. The van der Waals surface area contributed by atoms with E-state index in [1.807, 2.05) is 12.1 Å². The Kier molecular flexibility index (Phi) is 6.30. The number of aryl methyl sites for hydroxylation is 1. The van der Waals surface area contributed by atoms with E-state index in [9.17, 15) is 10.1 Å². The average Bonchev–Trinajstić information content (AvgIpc) is 2.77. The van der Waals surface area contributed by atoms with Crippen molar-refractivity contribution in [3.63, 3.8) is 0 Å². The highest BCUT2D eigenvalue weighted by molar-refractivity contribution is 6.30. The number of fused-ring (bicyclic) bond motifs is 1. The number of piperidine rings is 1. The fraction of sp³-hybridized carbons (Fsp3) is 0.364. The molecule has 0 unspecified atom stereocenters. The van der Waals surface area contributed by atoms with Gasteiger partial charge in [-0.05, 0) is 49.4 Å². The van der Waals surface area contributed by atoms with Gasteiger partial charge in [-0.3, -0.25) is 4.79 Å². The third-order valence-electron chi connectivity index (χ3n) is 5.71. The number of nitriles is 1. The van der Waals surface area contributed by atoms with Crippen LogP contribution in [0.15, 0.2) is 35.3 Å². The molecule has 0 saturated carbocycles. The monoisotopic (exact) mass is 456 g/mol. The zero-order chi connectivity index (χ0) is 22.0. The van der Waals surface area contributed by atoms with Crippen LogP contribution in [0.2, 0.25) is 10.2 Å². The van der Waals surface area contributed by atoms with Crippen LogP contribution < -0.4 is 15.8 Å². The van der Waals surface area contributed by atoms with Crippen LogP contribution in [0.3, 0.4) is 0 Å². The summed E-state index contributed by atoms with van der Waals surface area (Å²) in [6.45, 7) is 2.30. The quantitative estimate of drug-likeness (QED) is 0.578. The van der Waals surface area contributed by atoms with Gasteiger partial charge < -0.3 is 14.8 Å². The first-order valence-electron chi connectivity index (χ1n) is 10.2. The van der Waals surface area contributed by atoms with Gasteiger partial charge in [0.25, 0.3) is 5.56 Å². The molecule has 1 fully saturated rings. The van der Waals surface area contributed by atoms with Gasteiger partial charge in [0.1, 0.15) is 28.1 Å². The highest BCUT2D eigenvalue weighted by atomic mass is 35.5. The summed E-state index contributed by atoms with van der Waals surface area (Å²) in [5.41, 5.74) is 1.66. The zero-order valence-electron chi connectivity index (χ0n) is 17.1. The van der Waals surface area contributed by atoms with Crippen LogP contribution in [-0.4, -0.2) is 34.2 Å². The standard InChI is InChI=1S/C22H22Cl2N6O/c1-29-17-5-6-18(24)28-20(17)21(16(11-25)22(29)31)30-10-2-3-14(13-30)8-9-26-19-7-4-15(23)12-27-19/h4-7,12,14H,2-3,8-10,13H2,1H3,(H,26,27)/t14-/m1/s1. The topological polar surface area (TPSA) is 86.8 Å². The van der Waals surface area contributed by atoms with Gasteiger partial charge in [-0.25, -0.2) is 9.97 Å². The summed E-state index contributed by atoms with van der Waals surface area (Å²) < 4.78 is 1.46. The Morgan fingerprint density at radius 3 is 2.87 bits per heavy atom. The third kappa shape index (κ3) is 4.46. The van der Waals surface area contributed by atoms with Gasteiger partial charge in [-0.2, -0.15) is 5.26 Å². The van der Waals surface area contributed by atoms with Gasteiger partial charge in [0.2, 0.25) is 0 Å². The number of nitrogens with zero attached hydrogens (tertiary/aromatic N) is 5. The van der Waals surface area contributed by atoms with Crippen LogP contribution in [0.1, 0.15) is 24.8 Å². The van der Waals surface area contributed by atoms with Gasteiger partial charge in [-0.1, -0.05) is 23.2 Å². The molecule has 0 aromatic carbocycles. The van der Waals surface area contributed by atoms with Crippen molar-refractivity contribution < 1.29 is 0 Å². The molecule has 9 heteroatoms. The van der Waals surface area contributed by atoms with Crippen molar-refractivity contribution in [2.45, 2.75) is 19.3 Å². The van der Waals surface area contributed by atoms with E-state index >= 15 is 0 Å². The normalized spacial score (nSPS) is 16.3. The number of anilines is 2. The number of hydrogen-bond acceptors (Lipinski definition) is 6. The van der Waals surface area contributed by atoms with Crippen LogP contribution in [0.5, 0.6) is 0 Å². The van der Waals surface area contributed by atoms with Gasteiger partial charge in [0.15, 0.2) is 0 Å². The minimum Gasteiger partial charge on any atom is -0.370 e. The Labute approximate surface area is 190 Å². The molecular formula is C22H22Cl2N6O. The molecule has 1 aliphatic heterocycles. The van der Waals surface area contributed by atoms with Gasteiger partial charge >= 0.3 is 0 Å². The number of halogens is 2. The van der Waals surface area contributed by atoms with Crippen LogP contribution in [0, 0.1) is 17.2 Å². The molecule has 4 rings (SSSR count). The molecule has 3 aromatic heterocycles. The lowest BCUT2D eigenvalue weighted by Crippen LogP contribution is -2.38. The van der Waals surface area contributed by atoms with Gasteiger partial charge in [0.05, 0.1) is 16.2 Å². The number of pyridine rings is 3. The summed E-state index contributed by atoms with van der Waals surface area (Å²) in [5, 5.41) is 14.0. The highest BCUT2D eigenvalue weighted by Crippen LogP contribution is 2.32. The first kappa shape index (κ1) is 21.4. The van der Waals surface area contributed by atoms with Crippen LogP contribution in [0.4, 0.5) is 11.5 Å². The summed E-state index contributed by atoms with van der Waals surface area (Å²) in [7, 11) is 1.65. The second-order valence-electron chi connectivity index (χ2n) is 7.73. The maximum absolute atomic E-state index is 12.8. The van der Waals surface area contributed by atoms with Crippen molar-refractivity contribution in [2.24, 2.45) is 13.0 Å². The summed E-state index contributed by atoms with van der Waals surface area (Å²) in [6, 6.07) is 9.21. The Hall–Kier alpha value is -2.82. The summed E-state index contributed by atoms with van der Waals surface area (Å²) in [4.78, 5) is 23.7. The maximum Gasteiger partial charge on any atom is 0.270 e. The minimum absolute atomic E-state index is 0.119. The molecule has 0 radical (unpaired) electrons. The Morgan fingerprint density at radius 2 is 2.13 bits per heavy atom. The van der Waals surface area contributed by atoms with Crippen LogP contribution >= 0.6 is 23.2 Å². The van der Waals surface area contributed by atoms with E-state index in [1.54, 1.807) is 25.4 Å². The van der Waals surface area contributed by atoms with Crippen molar-refractivity contribution in [1.29, 1.82) is 5.26 Å². The molecule has 7 nitrogen and oxygen atoms in total. The first-order valence-corrected chi connectivity index (χ1v) is 10.9. The van der Waals surface area contributed by atoms with Gasteiger partial charge in [0, 0.05) is 32.9 Å². The third-order valence-corrected chi connectivity index (χ3v) is 6.15. The molecule has 160 valence electrons.